The van der Waals surface area contributed by atoms with E-state index >= 15 is 0 Å². The first-order valence-electron chi connectivity index (χ1n) is 11.2. The van der Waals surface area contributed by atoms with Crippen molar-refractivity contribution < 1.29 is 4.79 Å². The Hall–Kier alpha value is -4.17. The molecule has 3 N–H and O–H groups in total. The van der Waals surface area contributed by atoms with Gasteiger partial charge in [0, 0.05) is 24.0 Å². The summed E-state index contributed by atoms with van der Waals surface area (Å²) in [5.74, 6) is -0.381. The third-order valence-electron chi connectivity index (χ3n) is 5.90. The van der Waals surface area contributed by atoms with Crippen LogP contribution in [0.4, 0.5) is 17.1 Å². The van der Waals surface area contributed by atoms with Crippen LogP contribution < -0.4 is 21.5 Å². The molecule has 4 aromatic rings. The Labute approximate surface area is 209 Å². The first-order chi connectivity index (χ1) is 16.8. The minimum Gasteiger partial charge on any atom is -0.332 e. The largest absolute Gasteiger partial charge is 0.332 e. The van der Waals surface area contributed by atoms with Crippen LogP contribution >= 0.6 is 12.2 Å². The molecule has 178 valence electrons. The van der Waals surface area contributed by atoms with E-state index in [4.69, 9.17) is 12.2 Å². The summed E-state index contributed by atoms with van der Waals surface area (Å²) < 4.78 is 3.25. The minimum absolute atomic E-state index is 0.243. The fourth-order valence-corrected chi connectivity index (χ4v) is 4.14. The van der Waals surface area contributed by atoms with E-state index in [1.807, 2.05) is 68.4 Å². The van der Waals surface area contributed by atoms with Crippen LogP contribution in [0.2, 0.25) is 0 Å². The second-order valence-corrected chi connectivity index (χ2v) is 8.73. The Kier molecular flexibility index (Phi) is 6.84. The molecule has 0 fully saturated rings. The van der Waals surface area contributed by atoms with Gasteiger partial charge in [0.1, 0.15) is 5.69 Å². The van der Waals surface area contributed by atoms with E-state index in [0.29, 0.717) is 22.1 Å². The van der Waals surface area contributed by atoms with Crippen LogP contribution in [0.1, 0.15) is 27.2 Å². The number of benzene rings is 3. The van der Waals surface area contributed by atoms with Crippen LogP contribution in [-0.2, 0) is 7.05 Å². The Balaban J connectivity index is 1.52. The number of nitrogens with one attached hydrogen (secondary N) is 3. The van der Waals surface area contributed by atoms with E-state index in [1.165, 1.54) is 4.68 Å². The molecule has 0 radical (unpaired) electrons. The summed E-state index contributed by atoms with van der Waals surface area (Å²) in [4.78, 5) is 26.2. The number of hydrogen-bond donors (Lipinski definition) is 3. The summed E-state index contributed by atoms with van der Waals surface area (Å²) in [6.45, 7) is 5.83. The topological polar surface area (TPSA) is 80.1 Å². The highest BCUT2D eigenvalue weighted by atomic mass is 32.1. The van der Waals surface area contributed by atoms with E-state index in [2.05, 4.69) is 16.0 Å². The number of para-hydroxylation sites is 2. The van der Waals surface area contributed by atoms with E-state index in [9.17, 15) is 9.59 Å². The second-order valence-electron chi connectivity index (χ2n) is 8.32. The number of aromatic nitrogens is 2. The zero-order valence-electron chi connectivity index (χ0n) is 20.0. The van der Waals surface area contributed by atoms with E-state index in [0.717, 1.165) is 22.5 Å². The van der Waals surface area contributed by atoms with Gasteiger partial charge in [-0.2, -0.15) is 0 Å². The average molecular weight is 486 g/mol. The lowest BCUT2D eigenvalue weighted by Gasteiger charge is -2.15. The van der Waals surface area contributed by atoms with E-state index in [1.54, 1.807) is 36.9 Å². The molecule has 0 spiro atoms. The molecular formula is C27H27N5O2S. The first-order valence-corrected chi connectivity index (χ1v) is 11.6. The van der Waals surface area contributed by atoms with Crippen LogP contribution in [0.25, 0.3) is 5.69 Å². The van der Waals surface area contributed by atoms with Gasteiger partial charge in [0.05, 0.1) is 11.4 Å². The minimum atomic E-state index is -0.381. The predicted molar refractivity (Wildman–Crippen MR) is 146 cm³/mol. The molecule has 1 amide bonds. The number of carbonyl (C=O) groups is 1. The maximum absolute atomic E-state index is 13.1. The van der Waals surface area contributed by atoms with E-state index < -0.39 is 0 Å². The van der Waals surface area contributed by atoms with Gasteiger partial charge in [0.2, 0.25) is 0 Å². The van der Waals surface area contributed by atoms with Crippen molar-refractivity contribution in [3.05, 3.63) is 106 Å². The molecular weight excluding hydrogens is 458 g/mol. The SMILES string of the molecule is Cc1cccc(C)c1NC(=S)Nc1cccc(C(=O)Nc2c(C)n(C)n(-c3ccccc3)c2=O)c1. The first kappa shape index (κ1) is 24.0. The fourth-order valence-electron chi connectivity index (χ4n) is 3.92. The van der Waals surface area contributed by atoms with Gasteiger partial charge >= 0.3 is 0 Å². The summed E-state index contributed by atoms with van der Waals surface area (Å²) >= 11 is 5.48. The molecule has 4 rings (SSSR count). The van der Waals surface area contributed by atoms with Gasteiger partial charge in [0.15, 0.2) is 5.11 Å². The lowest BCUT2D eigenvalue weighted by molar-refractivity contribution is 0.102. The zero-order valence-corrected chi connectivity index (χ0v) is 20.9. The second kappa shape index (κ2) is 9.99. The van der Waals surface area contributed by atoms with Gasteiger partial charge in [-0.05, 0) is 74.4 Å². The van der Waals surface area contributed by atoms with Crippen LogP contribution in [-0.4, -0.2) is 20.4 Å². The van der Waals surface area contributed by atoms with E-state index in [-0.39, 0.29) is 17.2 Å². The molecule has 3 aromatic carbocycles. The molecule has 0 atom stereocenters. The van der Waals surface area contributed by atoms with Crippen molar-refractivity contribution in [2.24, 2.45) is 7.05 Å². The lowest BCUT2D eigenvalue weighted by Crippen LogP contribution is -2.23. The summed E-state index contributed by atoms with van der Waals surface area (Å²) in [7, 11) is 1.79. The van der Waals surface area contributed by atoms with Crippen molar-refractivity contribution >= 4 is 40.3 Å². The Bertz CT molecular complexity index is 1450. The number of thiocarbonyl (C=S) groups is 1. The fraction of sp³-hybridized carbons (Fsp3) is 0.148. The maximum atomic E-state index is 13.1. The number of amides is 1. The third kappa shape index (κ3) is 5.02. The molecule has 1 aromatic heterocycles. The molecule has 0 aliphatic rings. The van der Waals surface area contributed by atoms with Gasteiger partial charge in [-0.25, -0.2) is 4.68 Å². The summed E-state index contributed by atoms with van der Waals surface area (Å²) in [5.41, 5.74) is 5.51. The van der Waals surface area contributed by atoms with Crippen LogP contribution in [0, 0.1) is 20.8 Å². The smallest absolute Gasteiger partial charge is 0.295 e. The number of nitrogens with zero attached hydrogens (tertiary/aromatic N) is 2. The van der Waals surface area contributed by atoms with Gasteiger partial charge in [-0.1, -0.05) is 42.5 Å². The van der Waals surface area contributed by atoms with Crippen LogP contribution in [0.5, 0.6) is 0 Å². The number of carbonyl (C=O) groups excluding carboxylic acids is 1. The highest BCUT2D eigenvalue weighted by Crippen LogP contribution is 2.21. The Morgan fingerprint density at radius 1 is 0.800 bits per heavy atom. The summed E-state index contributed by atoms with van der Waals surface area (Å²) in [5, 5.41) is 9.57. The molecule has 8 heteroatoms. The van der Waals surface area contributed by atoms with Gasteiger partial charge in [-0.15, -0.1) is 0 Å². The number of rotatable bonds is 5. The molecule has 0 aliphatic heterocycles. The maximum Gasteiger partial charge on any atom is 0.295 e. The van der Waals surface area contributed by atoms with Crippen LogP contribution in [0.15, 0.2) is 77.6 Å². The average Bonchev–Trinajstić information content (AvgIpc) is 3.05. The van der Waals surface area contributed by atoms with Gasteiger partial charge in [0.25, 0.3) is 11.5 Å². The normalized spacial score (nSPS) is 10.6. The molecule has 35 heavy (non-hydrogen) atoms. The van der Waals surface area contributed by atoms with Crippen molar-refractivity contribution in [2.75, 3.05) is 16.0 Å². The monoisotopic (exact) mass is 485 g/mol. The van der Waals surface area contributed by atoms with Crippen molar-refractivity contribution in [3.63, 3.8) is 0 Å². The number of anilines is 3. The van der Waals surface area contributed by atoms with Crippen molar-refractivity contribution in [3.8, 4) is 5.69 Å². The molecule has 0 bridgehead atoms. The predicted octanol–water partition coefficient (Wildman–Crippen LogP) is 5.16. The Morgan fingerprint density at radius 3 is 2.14 bits per heavy atom. The molecule has 0 saturated carbocycles. The van der Waals surface area contributed by atoms with Crippen molar-refractivity contribution in [1.82, 2.24) is 9.36 Å². The molecule has 1 heterocycles. The highest BCUT2D eigenvalue weighted by molar-refractivity contribution is 7.80. The number of hydrogen-bond acceptors (Lipinski definition) is 3. The van der Waals surface area contributed by atoms with Gasteiger partial charge in [-0.3, -0.25) is 14.3 Å². The Morgan fingerprint density at radius 2 is 1.46 bits per heavy atom. The summed E-state index contributed by atoms with van der Waals surface area (Å²) in [6.07, 6.45) is 0. The molecule has 0 unspecified atom stereocenters. The van der Waals surface area contributed by atoms with Crippen molar-refractivity contribution in [1.29, 1.82) is 0 Å². The quantitative estimate of drug-likeness (QED) is 0.340. The number of aryl methyl sites for hydroxylation is 2. The van der Waals surface area contributed by atoms with Crippen LogP contribution in [0.3, 0.4) is 0 Å². The molecule has 0 aliphatic carbocycles. The van der Waals surface area contributed by atoms with Gasteiger partial charge < -0.3 is 16.0 Å². The highest BCUT2D eigenvalue weighted by Gasteiger charge is 2.19. The zero-order chi connectivity index (χ0) is 25.1. The standard InChI is InChI=1S/C27H27N5O2S/c1-17-10-8-11-18(2)23(17)30-27(35)28-21-13-9-12-20(16-21)25(33)29-24-19(3)31(4)32(26(24)34)22-14-6-5-7-15-22/h5-16H,1-4H3,(H,29,33)(H2,28,30,35). The third-order valence-corrected chi connectivity index (χ3v) is 6.10. The van der Waals surface area contributed by atoms with Crippen molar-refractivity contribution in [2.45, 2.75) is 20.8 Å². The summed E-state index contributed by atoms with van der Waals surface area (Å²) in [6, 6.07) is 22.3. The molecule has 7 nitrogen and oxygen atoms in total. The molecule has 0 saturated heterocycles. The lowest BCUT2D eigenvalue weighted by atomic mass is 10.1.